The first-order valence-corrected chi connectivity index (χ1v) is 9.07. The van der Waals surface area contributed by atoms with Crippen LogP contribution in [0, 0.1) is 0 Å². The van der Waals surface area contributed by atoms with Crippen LogP contribution in [-0.4, -0.2) is 55.2 Å². The van der Waals surface area contributed by atoms with Crippen molar-refractivity contribution >= 4 is 0 Å². The van der Waals surface area contributed by atoms with Gasteiger partial charge in [-0.25, -0.2) is 0 Å². The fraction of sp³-hybridized carbons (Fsp3) is 0.684. The summed E-state index contributed by atoms with van der Waals surface area (Å²) < 4.78 is 12.1. The molecule has 0 aromatic heterocycles. The Morgan fingerprint density at radius 1 is 1.04 bits per heavy atom. The van der Waals surface area contributed by atoms with Crippen LogP contribution in [-0.2, 0) is 6.54 Å². The van der Waals surface area contributed by atoms with Gasteiger partial charge in [-0.05, 0) is 51.4 Å². The summed E-state index contributed by atoms with van der Waals surface area (Å²) in [6, 6.07) is 6.43. The summed E-state index contributed by atoms with van der Waals surface area (Å²) in [6.45, 7) is 6.92. The van der Waals surface area contributed by atoms with Crippen molar-refractivity contribution in [2.75, 3.05) is 39.8 Å². The summed E-state index contributed by atoms with van der Waals surface area (Å²) in [7, 11) is 1.77. The van der Waals surface area contributed by atoms with Crippen molar-refractivity contribution in [2.45, 2.75) is 44.2 Å². The topological polar surface area (TPSA) is 24.9 Å². The summed E-state index contributed by atoms with van der Waals surface area (Å²) in [4.78, 5) is 5.04. The number of methoxy groups -OCH3 is 1. The lowest BCUT2D eigenvalue weighted by molar-refractivity contribution is 0.0451. The molecule has 3 aliphatic rings. The molecule has 1 aromatic rings. The van der Waals surface area contributed by atoms with Gasteiger partial charge in [0.05, 0.1) is 7.11 Å². The van der Waals surface area contributed by atoms with Gasteiger partial charge in [0.15, 0.2) is 0 Å². The van der Waals surface area contributed by atoms with Crippen LogP contribution in [0.2, 0.25) is 0 Å². The first kappa shape index (κ1) is 15.3. The van der Waals surface area contributed by atoms with Crippen LogP contribution >= 0.6 is 0 Å². The van der Waals surface area contributed by atoms with Crippen LogP contribution in [0.4, 0.5) is 0 Å². The van der Waals surface area contributed by atoms with Gasteiger partial charge in [0.25, 0.3) is 0 Å². The van der Waals surface area contributed by atoms with Gasteiger partial charge in [0.2, 0.25) is 0 Å². The number of benzene rings is 1. The van der Waals surface area contributed by atoms with Gasteiger partial charge in [-0.3, -0.25) is 9.80 Å². The zero-order valence-corrected chi connectivity index (χ0v) is 14.2. The highest BCUT2D eigenvalue weighted by molar-refractivity contribution is 5.41. The van der Waals surface area contributed by atoms with E-state index >= 15 is 0 Å². The third kappa shape index (κ3) is 3.20. The Morgan fingerprint density at radius 2 is 1.91 bits per heavy atom. The first-order chi connectivity index (χ1) is 11.3. The Balaban J connectivity index is 1.48. The molecule has 0 saturated carbocycles. The number of piperidine rings is 1. The maximum atomic E-state index is 6.47. The molecule has 3 aliphatic heterocycles. The predicted octanol–water partition coefficient (Wildman–Crippen LogP) is 2.91. The first-order valence-electron chi connectivity index (χ1n) is 9.07. The van der Waals surface area contributed by atoms with E-state index in [2.05, 4.69) is 28.0 Å². The minimum Gasteiger partial charge on any atom is -0.496 e. The summed E-state index contributed by atoms with van der Waals surface area (Å²) in [5.41, 5.74) is 1.32. The van der Waals surface area contributed by atoms with Gasteiger partial charge in [0.1, 0.15) is 17.1 Å². The highest BCUT2D eigenvalue weighted by Gasteiger charge is 2.42. The van der Waals surface area contributed by atoms with E-state index < -0.39 is 0 Å². The van der Waals surface area contributed by atoms with Gasteiger partial charge >= 0.3 is 0 Å². The number of hydrogen-bond acceptors (Lipinski definition) is 4. The molecule has 126 valence electrons. The standard InChI is InChI=1S/C19H28N2O2/c1-22-18-13-17(6-5-16(18)14-20-9-2-3-10-20)23-19-7-4-11-21(15-19)12-8-19/h5-6,13H,2-4,7-12,14-15H2,1H3/t19-/m0/s1. The van der Waals surface area contributed by atoms with Crippen LogP contribution in [0.15, 0.2) is 18.2 Å². The molecule has 1 unspecified atom stereocenters. The van der Waals surface area contributed by atoms with Crippen molar-refractivity contribution in [2.24, 2.45) is 0 Å². The number of ether oxygens (including phenoxy) is 2. The molecule has 2 atom stereocenters. The van der Waals surface area contributed by atoms with Crippen molar-refractivity contribution in [1.29, 1.82) is 0 Å². The second kappa shape index (κ2) is 6.33. The maximum Gasteiger partial charge on any atom is 0.127 e. The van der Waals surface area contributed by atoms with Crippen LogP contribution < -0.4 is 9.47 Å². The number of rotatable bonds is 5. The molecule has 4 heteroatoms. The van der Waals surface area contributed by atoms with Crippen molar-refractivity contribution < 1.29 is 9.47 Å². The Kier molecular flexibility index (Phi) is 4.20. The van der Waals surface area contributed by atoms with Gasteiger partial charge in [0, 0.05) is 37.7 Å². The highest BCUT2D eigenvalue weighted by Crippen LogP contribution is 2.37. The predicted molar refractivity (Wildman–Crippen MR) is 91.2 cm³/mol. The average molecular weight is 316 g/mol. The van der Waals surface area contributed by atoms with E-state index in [0.717, 1.165) is 31.0 Å². The lowest BCUT2D eigenvalue weighted by Crippen LogP contribution is -2.43. The summed E-state index contributed by atoms with van der Waals surface area (Å²) in [5.74, 6) is 1.94. The second-order valence-electron chi connectivity index (χ2n) is 7.37. The van der Waals surface area contributed by atoms with E-state index in [9.17, 15) is 0 Å². The lowest BCUT2D eigenvalue weighted by atomic mass is 9.94. The van der Waals surface area contributed by atoms with Crippen molar-refractivity contribution in [1.82, 2.24) is 9.80 Å². The van der Waals surface area contributed by atoms with Gasteiger partial charge in [-0.1, -0.05) is 6.07 Å². The molecule has 0 radical (unpaired) electrons. The largest absolute Gasteiger partial charge is 0.496 e. The molecule has 2 bridgehead atoms. The Morgan fingerprint density at radius 3 is 2.74 bits per heavy atom. The Labute approximate surface area is 139 Å². The molecule has 0 spiro atoms. The molecule has 23 heavy (non-hydrogen) atoms. The molecule has 4 nitrogen and oxygen atoms in total. The van der Waals surface area contributed by atoms with E-state index in [-0.39, 0.29) is 5.60 Å². The van der Waals surface area contributed by atoms with Gasteiger partial charge in [-0.15, -0.1) is 0 Å². The minimum absolute atomic E-state index is 0.0414. The summed E-state index contributed by atoms with van der Waals surface area (Å²) in [5, 5.41) is 0. The fourth-order valence-corrected chi connectivity index (χ4v) is 4.43. The zero-order chi connectivity index (χ0) is 15.7. The normalized spacial score (nSPS) is 30.6. The molecular weight excluding hydrogens is 288 g/mol. The summed E-state index contributed by atoms with van der Waals surface area (Å²) >= 11 is 0. The Hall–Kier alpha value is -1.26. The van der Waals surface area contributed by atoms with Crippen molar-refractivity contribution in [3.63, 3.8) is 0 Å². The molecule has 0 amide bonds. The molecule has 4 rings (SSSR count). The third-order valence-electron chi connectivity index (χ3n) is 5.69. The molecule has 3 fully saturated rings. The molecule has 3 saturated heterocycles. The van der Waals surface area contributed by atoms with Crippen LogP contribution in [0.3, 0.4) is 0 Å². The van der Waals surface area contributed by atoms with Crippen molar-refractivity contribution in [3.05, 3.63) is 23.8 Å². The zero-order valence-electron chi connectivity index (χ0n) is 14.2. The third-order valence-corrected chi connectivity index (χ3v) is 5.69. The molecular formula is C19H28N2O2. The quantitative estimate of drug-likeness (QED) is 0.834. The van der Waals surface area contributed by atoms with E-state index in [1.807, 2.05) is 0 Å². The SMILES string of the molecule is COc1cc(O[C@@]23CCCN(CC2)C3)ccc1CN1CCCC1. The second-order valence-corrected chi connectivity index (χ2v) is 7.37. The van der Waals surface area contributed by atoms with Crippen LogP contribution in [0.5, 0.6) is 11.5 Å². The van der Waals surface area contributed by atoms with Crippen LogP contribution in [0.1, 0.15) is 37.7 Å². The van der Waals surface area contributed by atoms with E-state index in [1.54, 1.807) is 7.11 Å². The molecule has 1 aromatic carbocycles. The van der Waals surface area contributed by atoms with Gasteiger partial charge < -0.3 is 9.47 Å². The maximum absolute atomic E-state index is 6.47. The summed E-state index contributed by atoms with van der Waals surface area (Å²) in [6.07, 6.45) is 6.24. The smallest absolute Gasteiger partial charge is 0.127 e. The van der Waals surface area contributed by atoms with Crippen molar-refractivity contribution in [3.8, 4) is 11.5 Å². The number of nitrogens with zero attached hydrogens (tertiary/aromatic N) is 2. The highest BCUT2D eigenvalue weighted by atomic mass is 16.5. The van der Waals surface area contributed by atoms with Gasteiger partial charge in [-0.2, -0.15) is 0 Å². The minimum atomic E-state index is 0.0414. The van der Waals surface area contributed by atoms with E-state index in [1.165, 1.54) is 57.4 Å². The molecule has 0 N–H and O–H groups in total. The number of hydrogen-bond donors (Lipinski definition) is 0. The molecule has 0 aliphatic carbocycles. The Bertz CT molecular complexity index is 552. The van der Waals surface area contributed by atoms with E-state index in [4.69, 9.17) is 9.47 Å². The average Bonchev–Trinajstić information content (AvgIpc) is 3.17. The lowest BCUT2D eigenvalue weighted by Gasteiger charge is -2.34. The number of fused-ring (bicyclic) bond motifs is 2. The molecule has 3 heterocycles. The fourth-order valence-electron chi connectivity index (χ4n) is 4.43. The van der Waals surface area contributed by atoms with E-state index in [0.29, 0.717) is 0 Å². The van der Waals surface area contributed by atoms with Crippen LogP contribution in [0.25, 0.3) is 0 Å². The number of likely N-dealkylation sites (tertiary alicyclic amines) is 1. The monoisotopic (exact) mass is 316 g/mol.